The molecule has 6 nitrogen and oxygen atoms in total. The second kappa shape index (κ2) is 7.84. The van der Waals surface area contributed by atoms with Crippen molar-refractivity contribution < 1.29 is 13.9 Å². The summed E-state index contributed by atoms with van der Waals surface area (Å²) in [6.07, 6.45) is 3.12. The lowest BCUT2D eigenvalue weighted by atomic mass is 10.2. The summed E-state index contributed by atoms with van der Waals surface area (Å²) in [7, 11) is 0. The van der Waals surface area contributed by atoms with Gasteiger partial charge in [0.15, 0.2) is 0 Å². The molecule has 0 aliphatic rings. The van der Waals surface area contributed by atoms with Crippen LogP contribution in [0.4, 0.5) is 0 Å². The van der Waals surface area contributed by atoms with E-state index < -0.39 is 0 Å². The predicted octanol–water partition coefficient (Wildman–Crippen LogP) is 4.52. The zero-order valence-corrected chi connectivity index (χ0v) is 15.0. The lowest BCUT2D eigenvalue weighted by Crippen LogP contribution is -2.23. The van der Waals surface area contributed by atoms with Crippen LogP contribution in [0.15, 0.2) is 76.9 Å². The van der Waals surface area contributed by atoms with E-state index in [2.05, 4.69) is 15.3 Å². The molecule has 4 aromatic rings. The molecule has 1 N–H and O–H groups in total. The number of carbonyl (C=O) groups is 1. The molecular weight excluding hydrogens is 362 g/mol. The van der Waals surface area contributed by atoms with Crippen LogP contribution in [0.3, 0.4) is 0 Å². The maximum atomic E-state index is 12.6. The zero-order chi connectivity index (χ0) is 18.5. The highest BCUT2D eigenvalue weighted by atomic mass is 32.1. The van der Waals surface area contributed by atoms with E-state index in [1.807, 2.05) is 35.7 Å². The van der Waals surface area contributed by atoms with Crippen molar-refractivity contribution in [1.29, 1.82) is 0 Å². The Labute approximate surface area is 159 Å². The summed E-state index contributed by atoms with van der Waals surface area (Å²) >= 11 is 1.55. The molecule has 0 saturated heterocycles. The predicted molar refractivity (Wildman–Crippen MR) is 102 cm³/mol. The number of nitrogens with zero attached hydrogens (tertiary/aromatic N) is 2. The number of aromatic nitrogens is 2. The van der Waals surface area contributed by atoms with Crippen molar-refractivity contribution in [3.63, 3.8) is 0 Å². The molecule has 4 rings (SSSR count). The molecule has 0 atom stereocenters. The van der Waals surface area contributed by atoms with E-state index in [9.17, 15) is 4.79 Å². The smallest absolute Gasteiger partial charge is 0.257 e. The summed E-state index contributed by atoms with van der Waals surface area (Å²) in [4.78, 5) is 22.1. The lowest BCUT2D eigenvalue weighted by molar-refractivity contribution is 0.0947. The third-order valence-electron chi connectivity index (χ3n) is 3.69. The Morgan fingerprint density at radius 3 is 2.81 bits per heavy atom. The van der Waals surface area contributed by atoms with E-state index >= 15 is 0 Å². The van der Waals surface area contributed by atoms with Crippen LogP contribution in [-0.4, -0.2) is 15.9 Å². The summed E-state index contributed by atoms with van der Waals surface area (Å²) in [5, 5.41) is 4.78. The number of oxazole rings is 1. The number of pyridine rings is 1. The van der Waals surface area contributed by atoms with Crippen LogP contribution in [0.25, 0.3) is 10.8 Å². The fourth-order valence-electron chi connectivity index (χ4n) is 2.41. The van der Waals surface area contributed by atoms with Crippen molar-refractivity contribution in [2.45, 2.75) is 6.54 Å². The molecule has 0 unspecified atom stereocenters. The summed E-state index contributed by atoms with van der Waals surface area (Å²) in [6.45, 7) is 0.243. The molecule has 0 aliphatic heterocycles. The monoisotopic (exact) mass is 377 g/mol. The highest BCUT2D eigenvalue weighted by Crippen LogP contribution is 2.24. The van der Waals surface area contributed by atoms with Crippen LogP contribution in [0, 0.1) is 0 Å². The average molecular weight is 377 g/mol. The maximum absolute atomic E-state index is 12.6. The van der Waals surface area contributed by atoms with Gasteiger partial charge in [-0.15, -0.1) is 11.3 Å². The van der Waals surface area contributed by atoms with Gasteiger partial charge in [0.05, 0.1) is 17.1 Å². The number of rotatable bonds is 6. The number of thiophene rings is 1. The van der Waals surface area contributed by atoms with Crippen LogP contribution in [0.1, 0.15) is 16.1 Å². The van der Waals surface area contributed by atoms with Crippen LogP contribution in [0.5, 0.6) is 11.6 Å². The molecule has 134 valence electrons. The summed E-state index contributed by atoms with van der Waals surface area (Å²) in [6, 6.07) is 16.4. The van der Waals surface area contributed by atoms with Gasteiger partial charge < -0.3 is 14.5 Å². The molecule has 0 bridgehead atoms. The van der Waals surface area contributed by atoms with E-state index in [1.54, 1.807) is 48.1 Å². The van der Waals surface area contributed by atoms with Crippen molar-refractivity contribution in [3.05, 3.63) is 83.7 Å². The first kappa shape index (κ1) is 17.0. The molecular formula is C20H15N3O3S. The van der Waals surface area contributed by atoms with Gasteiger partial charge in [-0.05, 0) is 35.7 Å². The van der Waals surface area contributed by atoms with Gasteiger partial charge in [-0.25, -0.2) is 9.97 Å². The van der Waals surface area contributed by atoms with Crippen LogP contribution in [0.2, 0.25) is 0 Å². The van der Waals surface area contributed by atoms with E-state index in [4.69, 9.17) is 9.15 Å². The van der Waals surface area contributed by atoms with Crippen molar-refractivity contribution in [2.24, 2.45) is 0 Å². The van der Waals surface area contributed by atoms with E-state index in [1.165, 1.54) is 0 Å². The number of hydrogen-bond donors (Lipinski definition) is 1. The number of amides is 1. The van der Waals surface area contributed by atoms with Crippen molar-refractivity contribution in [3.8, 4) is 22.4 Å². The van der Waals surface area contributed by atoms with Gasteiger partial charge in [0, 0.05) is 6.20 Å². The molecule has 0 radical (unpaired) electrons. The highest BCUT2D eigenvalue weighted by molar-refractivity contribution is 7.13. The summed E-state index contributed by atoms with van der Waals surface area (Å²) < 4.78 is 11.2. The average Bonchev–Trinajstić information content (AvgIpc) is 3.39. The van der Waals surface area contributed by atoms with E-state index in [0.29, 0.717) is 22.9 Å². The molecule has 7 heteroatoms. The van der Waals surface area contributed by atoms with Gasteiger partial charge in [-0.1, -0.05) is 24.3 Å². The highest BCUT2D eigenvalue weighted by Gasteiger charge is 2.15. The molecule has 0 spiro atoms. The number of benzene rings is 1. The third-order valence-corrected chi connectivity index (χ3v) is 4.55. The van der Waals surface area contributed by atoms with Crippen molar-refractivity contribution >= 4 is 17.2 Å². The number of hydrogen-bond acceptors (Lipinski definition) is 6. The van der Waals surface area contributed by atoms with Crippen molar-refractivity contribution in [2.75, 3.05) is 0 Å². The largest absolute Gasteiger partial charge is 0.443 e. The lowest BCUT2D eigenvalue weighted by Gasteiger charge is -2.09. The second-order valence-corrected chi connectivity index (χ2v) is 6.52. The Morgan fingerprint density at radius 1 is 1.11 bits per heavy atom. The molecule has 0 aliphatic carbocycles. The van der Waals surface area contributed by atoms with Gasteiger partial charge in [0.2, 0.25) is 11.8 Å². The Morgan fingerprint density at radius 2 is 2.00 bits per heavy atom. The Bertz CT molecular complexity index is 1030. The zero-order valence-electron chi connectivity index (χ0n) is 14.2. The SMILES string of the molecule is O=C(NCc1coc(-c2cccs2)n1)c1cccnc1Oc1ccccc1. The van der Waals surface area contributed by atoms with Crippen LogP contribution >= 0.6 is 11.3 Å². The first-order valence-electron chi connectivity index (χ1n) is 8.24. The molecule has 1 aromatic carbocycles. The molecule has 27 heavy (non-hydrogen) atoms. The number of ether oxygens (including phenoxy) is 1. The van der Waals surface area contributed by atoms with E-state index in [-0.39, 0.29) is 18.3 Å². The maximum Gasteiger partial charge on any atom is 0.257 e. The van der Waals surface area contributed by atoms with Crippen LogP contribution < -0.4 is 10.1 Å². The van der Waals surface area contributed by atoms with Gasteiger partial charge in [-0.3, -0.25) is 4.79 Å². The Balaban J connectivity index is 1.44. The van der Waals surface area contributed by atoms with Gasteiger partial charge >= 0.3 is 0 Å². The first-order chi connectivity index (χ1) is 13.3. The minimum absolute atomic E-state index is 0.243. The fraction of sp³-hybridized carbons (Fsp3) is 0.0500. The summed E-state index contributed by atoms with van der Waals surface area (Å²) in [5.41, 5.74) is 0.990. The molecule has 1 amide bonds. The molecule has 0 fully saturated rings. The number of carbonyl (C=O) groups excluding carboxylic acids is 1. The quantitative estimate of drug-likeness (QED) is 0.534. The molecule has 3 heterocycles. The van der Waals surface area contributed by atoms with Gasteiger partial charge in [0.25, 0.3) is 5.91 Å². The Kier molecular flexibility index (Phi) is 4.93. The summed E-state index contributed by atoms with van der Waals surface area (Å²) in [5.74, 6) is 1.11. The second-order valence-electron chi connectivity index (χ2n) is 5.58. The normalized spacial score (nSPS) is 10.5. The van der Waals surface area contributed by atoms with E-state index in [0.717, 1.165) is 4.88 Å². The number of para-hydroxylation sites is 1. The van der Waals surface area contributed by atoms with Gasteiger partial charge in [-0.2, -0.15) is 0 Å². The minimum atomic E-state index is -0.297. The standard InChI is InChI=1S/C20H15N3O3S/c24-18(22-12-14-13-25-20(23-14)17-9-5-11-27-17)16-8-4-10-21-19(16)26-15-6-2-1-3-7-15/h1-11,13H,12H2,(H,22,24). The third kappa shape index (κ3) is 4.04. The van der Waals surface area contributed by atoms with Crippen molar-refractivity contribution in [1.82, 2.24) is 15.3 Å². The van der Waals surface area contributed by atoms with Gasteiger partial charge in [0.1, 0.15) is 17.6 Å². The Hall–Kier alpha value is -3.45. The number of nitrogens with one attached hydrogen (secondary N) is 1. The molecule has 0 saturated carbocycles. The topological polar surface area (TPSA) is 77.3 Å². The fourth-order valence-corrected chi connectivity index (χ4v) is 3.07. The minimum Gasteiger partial charge on any atom is -0.443 e. The molecule has 3 aromatic heterocycles. The first-order valence-corrected chi connectivity index (χ1v) is 9.12. The van der Waals surface area contributed by atoms with Crippen LogP contribution in [-0.2, 0) is 6.54 Å².